The van der Waals surface area contributed by atoms with E-state index in [1.807, 2.05) is 0 Å². The van der Waals surface area contributed by atoms with Gasteiger partial charge < -0.3 is 9.15 Å². The SMILES string of the molecule is Fc1ccc(OCc2nnc(Sc3ccc4nnc(C(F)F)n4n3)o2)cc1. The van der Waals surface area contributed by atoms with E-state index in [1.54, 1.807) is 6.07 Å². The molecule has 27 heavy (non-hydrogen) atoms. The first-order chi connectivity index (χ1) is 13.1. The van der Waals surface area contributed by atoms with Crippen molar-refractivity contribution in [1.82, 2.24) is 30.0 Å². The molecule has 138 valence electrons. The molecule has 0 atom stereocenters. The number of alkyl halides is 2. The zero-order chi connectivity index (χ0) is 18.8. The van der Waals surface area contributed by atoms with Crippen molar-refractivity contribution < 1.29 is 22.3 Å². The van der Waals surface area contributed by atoms with Gasteiger partial charge in [-0.1, -0.05) is 0 Å². The number of halogens is 3. The molecule has 3 heterocycles. The first kappa shape index (κ1) is 17.3. The predicted octanol–water partition coefficient (Wildman–Crippen LogP) is 3.31. The van der Waals surface area contributed by atoms with Crippen molar-refractivity contribution in [3.63, 3.8) is 0 Å². The van der Waals surface area contributed by atoms with E-state index < -0.39 is 12.2 Å². The molecule has 0 unspecified atom stereocenters. The maximum atomic E-state index is 12.9. The second kappa shape index (κ2) is 7.23. The minimum atomic E-state index is -2.80. The van der Waals surface area contributed by atoms with Crippen molar-refractivity contribution >= 4 is 17.4 Å². The Balaban J connectivity index is 1.45. The number of nitrogens with zero attached hydrogens (tertiary/aromatic N) is 6. The third-order valence-electron chi connectivity index (χ3n) is 3.27. The van der Waals surface area contributed by atoms with Gasteiger partial charge in [0.1, 0.15) is 16.6 Å². The van der Waals surface area contributed by atoms with Crippen molar-refractivity contribution in [2.24, 2.45) is 0 Å². The van der Waals surface area contributed by atoms with Gasteiger partial charge in [0.2, 0.25) is 5.82 Å². The quantitative estimate of drug-likeness (QED) is 0.492. The van der Waals surface area contributed by atoms with E-state index in [9.17, 15) is 13.2 Å². The molecule has 0 fully saturated rings. The van der Waals surface area contributed by atoms with E-state index in [2.05, 4.69) is 25.5 Å². The van der Waals surface area contributed by atoms with E-state index in [-0.39, 0.29) is 29.2 Å². The van der Waals surface area contributed by atoms with Crippen LogP contribution in [0.15, 0.2) is 51.1 Å². The summed E-state index contributed by atoms with van der Waals surface area (Å²) in [5.41, 5.74) is 0.202. The molecule has 0 saturated heterocycles. The van der Waals surface area contributed by atoms with Crippen LogP contribution < -0.4 is 4.74 Å². The number of hydrogen-bond acceptors (Lipinski definition) is 8. The third kappa shape index (κ3) is 3.84. The van der Waals surface area contributed by atoms with Gasteiger partial charge in [-0.2, -0.15) is 9.61 Å². The lowest BCUT2D eigenvalue weighted by Crippen LogP contribution is -2.00. The Morgan fingerprint density at radius 2 is 1.85 bits per heavy atom. The van der Waals surface area contributed by atoms with Crippen LogP contribution in [-0.2, 0) is 6.61 Å². The molecule has 0 spiro atoms. The molecule has 4 aromatic rings. The van der Waals surface area contributed by atoms with Crippen LogP contribution in [0.4, 0.5) is 13.2 Å². The van der Waals surface area contributed by atoms with Crippen molar-refractivity contribution in [3.8, 4) is 5.75 Å². The second-order valence-electron chi connectivity index (χ2n) is 5.11. The maximum Gasteiger partial charge on any atom is 0.299 e. The summed E-state index contributed by atoms with van der Waals surface area (Å²) in [5.74, 6) is -0.277. The molecule has 3 aromatic heterocycles. The molecule has 0 saturated carbocycles. The fourth-order valence-electron chi connectivity index (χ4n) is 2.08. The number of aromatic nitrogens is 6. The molecule has 0 N–H and O–H groups in total. The number of rotatable bonds is 6. The van der Waals surface area contributed by atoms with E-state index in [0.717, 1.165) is 16.3 Å². The average Bonchev–Trinajstić information content (AvgIpc) is 3.28. The summed E-state index contributed by atoms with van der Waals surface area (Å²) in [7, 11) is 0. The summed E-state index contributed by atoms with van der Waals surface area (Å²) in [4.78, 5) is 0. The Morgan fingerprint density at radius 1 is 1.04 bits per heavy atom. The Morgan fingerprint density at radius 3 is 2.63 bits per heavy atom. The highest BCUT2D eigenvalue weighted by Gasteiger charge is 2.18. The van der Waals surface area contributed by atoms with E-state index >= 15 is 0 Å². The van der Waals surface area contributed by atoms with Crippen molar-refractivity contribution in [2.75, 3.05) is 0 Å². The van der Waals surface area contributed by atoms with Gasteiger partial charge in [-0.15, -0.1) is 20.4 Å². The van der Waals surface area contributed by atoms with Crippen molar-refractivity contribution in [1.29, 1.82) is 0 Å². The van der Waals surface area contributed by atoms with E-state index in [0.29, 0.717) is 10.8 Å². The van der Waals surface area contributed by atoms with Gasteiger partial charge in [0.05, 0.1) is 0 Å². The summed E-state index contributed by atoms with van der Waals surface area (Å²) >= 11 is 0.993. The zero-order valence-corrected chi connectivity index (χ0v) is 14.1. The lowest BCUT2D eigenvalue weighted by molar-refractivity contribution is 0.137. The lowest BCUT2D eigenvalue weighted by atomic mass is 10.3. The van der Waals surface area contributed by atoms with Crippen LogP contribution in [0.1, 0.15) is 18.1 Å². The molecule has 4 rings (SSSR count). The molecule has 0 amide bonds. The van der Waals surface area contributed by atoms with Crippen LogP contribution >= 0.6 is 11.8 Å². The minimum Gasteiger partial charge on any atom is -0.484 e. The van der Waals surface area contributed by atoms with Gasteiger partial charge in [-0.05, 0) is 48.2 Å². The number of hydrogen-bond donors (Lipinski definition) is 0. The Hall–Kier alpha value is -3.15. The minimum absolute atomic E-state index is 0.00731. The molecule has 8 nitrogen and oxygen atoms in total. The fourth-order valence-corrected chi connectivity index (χ4v) is 2.74. The molecule has 0 aliphatic heterocycles. The highest BCUT2D eigenvalue weighted by atomic mass is 32.2. The Bertz CT molecular complexity index is 1070. The average molecular weight is 394 g/mol. The first-order valence-corrected chi connectivity index (χ1v) is 8.29. The smallest absolute Gasteiger partial charge is 0.299 e. The normalized spacial score (nSPS) is 11.4. The van der Waals surface area contributed by atoms with Gasteiger partial charge >= 0.3 is 0 Å². The van der Waals surface area contributed by atoms with Crippen LogP contribution in [0.2, 0.25) is 0 Å². The fraction of sp³-hybridized carbons (Fsp3) is 0.133. The monoisotopic (exact) mass is 394 g/mol. The largest absolute Gasteiger partial charge is 0.484 e. The summed E-state index contributed by atoms with van der Waals surface area (Å²) in [5, 5.41) is 19.2. The van der Waals surface area contributed by atoms with Crippen LogP contribution in [0.5, 0.6) is 5.75 Å². The van der Waals surface area contributed by atoms with Crippen LogP contribution in [0, 0.1) is 5.82 Å². The van der Waals surface area contributed by atoms with Crippen LogP contribution in [0.3, 0.4) is 0 Å². The highest BCUT2D eigenvalue weighted by Crippen LogP contribution is 2.26. The second-order valence-corrected chi connectivity index (χ2v) is 6.08. The molecule has 0 bridgehead atoms. The van der Waals surface area contributed by atoms with Gasteiger partial charge in [-0.25, -0.2) is 13.2 Å². The summed E-state index contributed by atoms with van der Waals surface area (Å²) in [6.07, 6.45) is -2.80. The van der Waals surface area contributed by atoms with Crippen molar-refractivity contribution in [3.05, 3.63) is 53.9 Å². The molecule has 0 aliphatic rings. The summed E-state index contributed by atoms with van der Waals surface area (Å²) < 4.78 is 50.4. The molecular weight excluding hydrogens is 385 g/mol. The third-order valence-corrected chi connectivity index (χ3v) is 4.04. The molecule has 1 aromatic carbocycles. The molecular formula is C15H9F3N6O2S. The Labute approximate surface area is 153 Å². The van der Waals surface area contributed by atoms with E-state index in [4.69, 9.17) is 9.15 Å². The van der Waals surface area contributed by atoms with Gasteiger partial charge in [0, 0.05) is 0 Å². The van der Waals surface area contributed by atoms with Crippen molar-refractivity contribution in [2.45, 2.75) is 23.3 Å². The van der Waals surface area contributed by atoms with Crippen LogP contribution in [0.25, 0.3) is 5.65 Å². The lowest BCUT2D eigenvalue weighted by Gasteiger charge is -2.02. The predicted molar refractivity (Wildman–Crippen MR) is 84.9 cm³/mol. The maximum absolute atomic E-state index is 12.9. The number of ether oxygens (including phenoxy) is 1. The summed E-state index contributed by atoms with van der Waals surface area (Å²) in [6.45, 7) is -0.00731. The number of benzene rings is 1. The van der Waals surface area contributed by atoms with E-state index in [1.165, 1.54) is 30.3 Å². The molecule has 12 heteroatoms. The van der Waals surface area contributed by atoms with Gasteiger partial charge in [0.15, 0.2) is 12.3 Å². The summed E-state index contributed by atoms with van der Waals surface area (Å²) in [6, 6.07) is 8.56. The first-order valence-electron chi connectivity index (χ1n) is 7.47. The van der Waals surface area contributed by atoms with Gasteiger partial charge in [0.25, 0.3) is 17.5 Å². The number of fused-ring (bicyclic) bond motifs is 1. The highest BCUT2D eigenvalue weighted by molar-refractivity contribution is 7.99. The van der Waals surface area contributed by atoms with Crippen LogP contribution in [-0.4, -0.2) is 30.0 Å². The molecule has 0 aliphatic carbocycles. The standard InChI is InChI=1S/C15H9F3N6O2S/c16-8-1-3-9(4-2-8)25-7-11-20-22-15(26-11)27-12-6-5-10-19-21-14(13(17)18)24(10)23-12/h1-6,13H,7H2. The molecule has 0 radical (unpaired) electrons. The Kier molecular flexibility index (Phi) is 4.62. The zero-order valence-electron chi connectivity index (χ0n) is 13.3. The topological polar surface area (TPSA) is 91.2 Å². The van der Waals surface area contributed by atoms with Gasteiger partial charge in [-0.3, -0.25) is 0 Å².